The van der Waals surface area contributed by atoms with Crippen LogP contribution in [-0.2, 0) is 11.3 Å². The third-order valence-corrected chi connectivity index (χ3v) is 3.85. The van der Waals surface area contributed by atoms with Crippen LogP contribution in [0.2, 0.25) is 0 Å². The maximum absolute atomic E-state index is 12.0. The maximum atomic E-state index is 12.0. The molecule has 2 nitrogen and oxygen atoms in total. The second kappa shape index (κ2) is 5.91. The minimum atomic E-state index is 0.264. The topological polar surface area (TPSA) is 20.3 Å². The van der Waals surface area contributed by atoms with E-state index in [0.29, 0.717) is 11.8 Å². The molecule has 0 spiro atoms. The van der Waals surface area contributed by atoms with Crippen molar-refractivity contribution in [1.82, 2.24) is 4.90 Å². The summed E-state index contributed by atoms with van der Waals surface area (Å²) >= 11 is 5.06. The molecule has 4 heteroatoms. The van der Waals surface area contributed by atoms with Crippen LogP contribution >= 0.6 is 27.7 Å². The average molecular weight is 314 g/mol. The molecule has 92 valence electrons. The van der Waals surface area contributed by atoms with Gasteiger partial charge in [-0.3, -0.25) is 4.79 Å². The second-order valence-electron chi connectivity index (χ2n) is 4.32. The Morgan fingerprint density at radius 1 is 1.53 bits per heavy atom. The van der Waals surface area contributed by atoms with Crippen LogP contribution in [0.5, 0.6) is 0 Å². The van der Waals surface area contributed by atoms with Gasteiger partial charge in [0.1, 0.15) is 0 Å². The van der Waals surface area contributed by atoms with Gasteiger partial charge in [0.05, 0.1) is 5.75 Å². The van der Waals surface area contributed by atoms with Crippen LogP contribution in [0.4, 0.5) is 0 Å². The van der Waals surface area contributed by atoms with Gasteiger partial charge in [-0.1, -0.05) is 28.1 Å². The fourth-order valence-corrected chi connectivity index (χ4v) is 2.70. The standard InChI is InChI=1S/C13H16BrNOS/c1-17-9-13(16)15(12-5-6-12)8-10-3-2-4-11(14)7-10/h2-4,7,12H,5-6,8-9H2,1H3. The Morgan fingerprint density at radius 2 is 2.29 bits per heavy atom. The van der Waals surface area contributed by atoms with Crippen molar-refractivity contribution in [3.8, 4) is 0 Å². The van der Waals surface area contributed by atoms with E-state index in [2.05, 4.69) is 28.1 Å². The Bertz CT molecular complexity index is 406. The monoisotopic (exact) mass is 313 g/mol. The summed E-state index contributed by atoms with van der Waals surface area (Å²) in [6.07, 6.45) is 4.30. The van der Waals surface area contributed by atoms with E-state index in [0.717, 1.165) is 23.9 Å². The minimum Gasteiger partial charge on any atom is -0.335 e. The number of rotatable bonds is 5. The smallest absolute Gasteiger partial charge is 0.233 e. The summed E-state index contributed by atoms with van der Waals surface area (Å²) in [6.45, 7) is 0.740. The summed E-state index contributed by atoms with van der Waals surface area (Å²) < 4.78 is 1.07. The normalized spacial score (nSPS) is 14.7. The molecule has 0 aromatic heterocycles. The Balaban J connectivity index is 2.05. The Hall–Kier alpha value is -0.480. The predicted octanol–water partition coefficient (Wildman–Crippen LogP) is 3.30. The van der Waals surface area contributed by atoms with Gasteiger partial charge in [0.25, 0.3) is 0 Å². The third-order valence-electron chi connectivity index (χ3n) is 2.82. The molecule has 0 heterocycles. The lowest BCUT2D eigenvalue weighted by molar-refractivity contribution is -0.129. The molecule has 1 fully saturated rings. The molecule has 0 unspecified atom stereocenters. The van der Waals surface area contributed by atoms with E-state index < -0.39 is 0 Å². The Labute approximate surface area is 115 Å². The van der Waals surface area contributed by atoms with Crippen molar-refractivity contribution in [1.29, 1.82) is 0 Å². The van der Waals surface area contributed by atoms with Gasteiger partial charge in [0.15, 0.2) is 0 Å². The quantitative estimate of drug-likeness (QED) is 0.831. The first kappa shape index (κ1) is 13.0. The molecule has 0 atom stereocenters. The van der Waals surface area contributed by atoms with E-state index in [1.807, 2.05) is 23.3 Å². The van der Waals surface area contributed by atoms with Crippen LogP contribution in [0, 0.1) is 0 Å². The number of amides is 1. The largest absolute Gasteiger partial charge is 0.335 e. The van der Waals surface area contributed by atoms with E-state index >= 15 is 0 Å². The minimum absolute atomic E-state index is 0.264. The summed E-state index contributed by atoms with van der Waals surface area (Å²) in [6, 6.07) is 8.67. The molecule has 17 heavy (non-hydrogen) atoms. The summed E-state index contributed by atoms with van der Waals surface area (Å²) in [5.41, 5.74) is 1.20. The molecule has 1 amide bonds. The fourth-order valence-electron chi connectivity index (χ4n) is 1.85. The summed E-state index contributed by atoms with van der Waals surface area (Å²) in [7, 11) is 0. The molecule has 0 aliphatic heterocycles. The number of halogens is 1. The highest BCUT2D eigenvalue weighted by Crippen LogP contribution is 2.29. The highest BCUT2D eigenvalue weighted by Gasteiger charge is 2.32. The number of hydrogen-bond donors (Lipinski definition) is 0. The molecule has 2 rings (SSSR count). The van der Waals surface area contributed by atoms with Crippen molar-refractivity contribution in [2.45, 2.75) is 25.4 Å². The van der Waals surface area contributed by atoms with Crippen molar-refractivity contribution >= 4 is 33.6 Å². The molecular formula is C13H16BrNOS. The molecule has 0 bridgehead atoms. The zero-order valence-corrected chi connectivity index (χ0v) is 12.3. The molecule has 0 saturated heterocycles. The Morgan fingerprint density at radius 3 is 2.88 bits per heavy atom. The van der Waals surface area contributed by atoms with Crippen LogP contribution in [0.3, 0.4) is 0 Å². The van der Waals surface area contributed by atoms with Gasteiger partial charge >= 0.3 is 0 Å². The lowest BCUT2D eigenvalue weighted by atomic mass is 10.2. The predicted molar refractivity (Wildman–Crippen MR) is 76.1 cm³/mol. The van der Waals surface area contributed by atoms with Crippen LogP contribution in [0.25, 0.3) is 0 Å². The van der Waals surface area contributed by atoms with Crippen molar-refractivity contribution in [2.75, 3.05) is 12.0 Å². The summed E-state index contributed by atoms with van der Waals surface area (Å²) in [4.78, 5) is 14.0. The average Bonchev–Trinajstić information content (AvgIpc) is 3.10. The van der Waals surface area contributed by atoms with Crippen LogP contribution in [0.15, 0.2) is 28.7 Å². The van der Waals surface area contributed by atoms with Crippen molar-refractivity contribution in [2.24, 2.45) is 0 Å². The van der Waals surface area contributed by atoms with Crippen molar-refractivity contribution in [3.05, 3.63) is 34.3 Å². The van der Waals surface area contributed by atoms with Gasteiger partial charge in [-0.2, -0.15) is 11.8 Å². The SMILES string of the molecule is CSCC(=O)N(Cc1cccc(Br)c1)C1CC1. The molecule has 1 aliphatic rings. The van der Waals surface area contributed by atoms with E-state index in [4.69, 9.17) is 0 Å². The number of benzene rings is 1. The third kappa shape index (κ3) is 3.75. The number of carbonyl (C=O) groups excluding carboxylic acids is 1. The van der Waals surface area contributed by atoms with Gasteiger partial charge in [-0.25, -0.2) is 0 Å². The molecule has 1 aliphatic carbocycles. The summed E-state index contributed by atoms with van der Waals surface area (Å²) in [5, 5.41) is 0. The van der Waals surface area contributed by atoms with E-state index in [-0.39, 0.29) is 5.91 Å². The van der Waals surface area contributed by atoms with Crippen LogP contribution in [-0.4, -0.2) is 28.9 Å². The highest BCUT2D eigenvalue weighted by atomic mass is 79.9. The maximum Gasteiger partial charge on any atom is 0.233 e. The summed E-state index contributed by atoms with van der Waals surface area (Å²) in [5.74, 6) is 0.852. The number of carbonyl (C=O) groups is 1. The van der Waals surface area contributed by atoms with E-state index in [9.17, 15) is 4.79 Å². The Kier molecular flexibility index (Phi) is 4.51. The lowest BCUT2D eigenvalue weighted by Crippen LogP contribution is -2.33. The van der Waals surface area contributed by atoms with Gasteiger partial charge in [-0.05, 0) is 36.8 Å². The second-order valence-corrected chi connectivity index (χ2v) is 6.10. The van der Waals surface area contributed by atoms with Gasteiger partial charge in [0.2, 0.25) is 5.91 Å². The zero-order valence-electron chi connectivity index (χ0n) is 9.86. The molecular weight excluding hydrogens is 298 g/mol. The van der Waals surface area contributed by atoms with E-state index in [1.165, 1.54) is 5.56 Å². The zero-order chi connectivity index (χ0) is 12.3. The lowest BCUT2D eigenvalue weighted by Gasteiger charge is -2.22. The van der Waals surface area contributed by atoms with Crippen LogP contribution in [0.1, 0.15) is 18.4 Å². The van der Waals surface area contributed by atoms with Crippen LogP contribution < -0.4 is 0 Å². The van der Waals surface area contributed by atoms with Gasteiger partial charge in [-0.15, -0.1) is 0 Å². The highest BCUT2D eigenvalue weighted by molar-refractivity contribution is 9.10. The first-order valence-electron chi connectivity index (χ1n) is 5.73. The molecule has 1 aromatic carbocycles. The first-order chi connectivity index (χ1) is 8.20. The molecule has 1 saturated carbocycles. The molecule has 0 N–H and O–H groups in total. The number of thioether (sulfide) groups is 1. The van der Waals surface area contributed by atoms with E-state index in [1.54, 1.807) is 11.8 Å². The number of hydrogen-bond acceptors (Lipinski definition) is 2. The number of nitrogens with zero attached hydrogens (tertiary/aromatic N) is 1. The molecule has 0 radical (unpaired) electrons. The fraction of sp³-hybridized carbons (Fsp3) is 0.462. The molecule has 1 aromatic rings. The van der Waals surface area contributed by atoms with Crippen molar-refractivity contribution < 1.29 is 4.79 Å². The van der Waals surface area contributed by atoms with Crippen molar-refractivity contribution in [3.63, 3.8) is 0 Å². The first-order valence-corrected chi connectivity index (χ1v) is 7.92. The van der Waals surface area contributed by atoms with Gasteiger partial charge < -0.3 is 4.90 Å². The van der Waals surface area contributed by atoms with Gasteiger partial charge in [0, 0.05) is 17.1 Å².